The van der Waals surface area contributed by atoms with Gasteiger partial charge in [0.2, 0.25) is 5.75 Å². The Labute approximate surface area is 152 Å². The summed E-state index contributed by atoms with van der Waals surface area (Å²) in [6.45, 7) is 3.79. The van der Waals surface area contributed by atoms with E-state index in [0.717, 1.165) is 12.0 Å². The van der Waals surface area contributed by atoms with Crippen LogP contribution in [0.5, 0.6) is 11.5 Å². The third kappa shape index (κ3) is 4.95. The van der Waals surface area contributed by atoms with E-state index in [1.807, 2.05) is 31.2 Å². The molecule has 2 aromatic carbocycles. The summed E-state index contributed by atoms with van der Waals surface area (Å²) < 4.78 is 10.4. The van der Waals surface area contributed by atoms with Crippen molar-refractivity contribution in [3.05, 3.63) is 63.7 Å². The predicted octanol–water partition coefficient (Wildman–Crippen LogP) is 3.42. The fraction of sp³-hybridized carbons (Fsp3) is 0.316. The Bertz CT molecular complexity index is 774. The largest absolute Gasteiger partial charge is 0.490 e. The maximum absolute atomic E-state index is 12.1. The van der Waals surface area contributed by atoms with E-state index in [-0.39, 0.29) is 30.0 Å². The number of aryl methyl sites for hydroxylation is 1. The van der Waals surface area contributed by atoms with Crippen LogP contribution in [0.15, 0.2) is 42.5 Å². The summed E-state index contributed by atoms with van der Waals surface area (Å²) in [5.41, 5.74) is 2.09. The van der Waals surface area contributed by atoms with Crippen LogP contribution in [0.25, 0.3) is 0 Å². The number of hydrogen-bond donors (Lipinski definition) is 1. The Kier molecular flexibility index (Phi) is 6.54. The van der Waals surface area contributed by atoms with Gasteiger partial charge < -0.3 is 14.8 Å². The molecule has 0 spiro atoms. The van der Waals surface area contributed by atoms with Crippen LogP contribution >= 0.6 is 0 Å². The molecule has 0 fully saturated rings. The average Bonchev–Trinajstić information content (AvgIpc) is 2.65. The number of hydrogen-bond acceptors (Lipinski definition) is 5. The first-order chi connectivity index (χ1) is 12.4. The van der Waals surface area contributed by atoms with Gasteiger partial charge in [-0.05, 0) is 30.5 Å². The van der Waals surface area contributed by atoms with Crippen molar-refractivity contribution in [1.29, 1.82) is 0 Å². The number of nitrogens with zero attached hydrogens (tertiary/aromatic N) is 1. The molecule has 0 bridgehead atoms. The minimum Gasteiger partial charge on any atom is -0.490 e. The van der Waals surface area contributed by atoms with E-state index in [1.54, 1.807) is 0 Å². The Balaban J connectivity index is 1.92. The lowest BCUT2D eigenvalue weighted by Gasteiger charge is -2.15. The van der Waals surface area contributed by atoms with Crippen molar-refractivity contribution in [3.8, 4) is 11.5 Å². The molecule has 2 rings (SSSR count). The fourth-order valence-electron chi connectivity index (χ4n) is 2.46. The van der Waals surface area contributed by atoms with Crippen LogP contribution in [0.1, 0.15) is 31.0 Å². The first kappa shape index (κ1) is 19.2. The zero-order valence-electron chi connectivity index (χ0n) is 15.0. The topological polar surface area (TPSA) is 90.7 Å². The first-order valence-corrected chi connectivity index (χ1v) is 8.28. The highest BCUT2D eigenvalue weighted by molar-refractivity contribution is 5.78. The fourth-order valence-corrected chi connectivity index (χ4v) is 2.46. The number of benzene rings is 2. The number of methoxy groups -OCH3 is 1. The quantitative estimate of drug-likeness (QED) is 0.577. The molecule has 0 unspecified atom stereocenters. The number of nitro benzene ring substituents is 1. The van der Waals surface area contributed by atoms with E-state index in [4.69, 9.17) is 9.47 Å². The zero-order valence-corrected chi connectivity index (χ0v) is 15.0. The summed E-state index contributed by atoms with van der Waals surface area (Å²) in [6.07, 6.45) is 0.966. The molecule has 0 aromatic heterocycles. The molecule has 138 valence electrons. The third-order valence-corrected chi connectivity index (χ3v) is 3.98. The molecule has 7 nitrogen and oxygen atoms in total. The second-order valence-corrected chi connectivity index (χ2v) is 5.76. The SMILES string of the molecule is CCc1ccc([C@@H](C)NC(=O)COc2ccc([N+](=O)[O-])c(OC)c2)cc1. The highest BCUT2D eigenvalue weighted by atomic mass is 16.6. The highest BCUT2D eigenvalue weighted by Crippen LogP contribution is 2.30. The summed E-state index contributed by atoms with van der Waals surface area (Å²) in [4.78, 5) is 22.4. The lowest BCUT2D eigenvalue weighted by atomic mass is 10.1. The Morgan fingerprint density at radius 2 is 1.92 bits per heavy atom. The van der Waals surface area contributed by atoms with Crippen LogP contribution < -0.4 is 14.8 Å². The number of carbonyl (C=O) groups is 1. The van der Waals surface area contributed by atoms with E-state index in [2.05, 4.69) is 12.2 Å². The molecule has 26 heavy (non-hydrogen) atoms. The second kappa shape index (κ2) is 8.84. The van der Waals surface area contributed by atoms with E-state index < -0.39 is 4.92 Å². The van der Waals surface area contributed by atoms with Crippen molar-refractivity contribution in [2.45, 2.75) is 26.3 Å². The number of ether oxygens (including phenoxy) is 2. The Morgan fingerprint density at radius 1 is 1.23 bits per heavy atom. The van der Waals surface area contributed by atoms with Gasteiger partial charge in [-0.2, -0.15) is 0 Å². The summed E-state index contributed by atoms with van der Waals surface area (Å²) in [5, 5.41) is 13.7. The van der Waals surface area contributed by atoms with Crippen LogP contribution in [-0.4, -0.2) is 24.5 Å². The van der Waals surface area contributed by atoms with Gasteiger partial charge in [-0.25, -0.2) is 0 Å². The maximum Gasteiger partial charge on any atom is 0.311 e. The summed E-state index contributed by atoms with van der Waals surface area (Å²) in [5.74, 6) is 0.120. The minimum absolute atomic E-state index is 0.0808. The van der Waals surface area contributed by atoms with Crippen molar-refractivity contribution < 1.29 is 19.2 Å². The molecule has 0 saturated heterocycles. The molecule has 0 aliphatic rings. The summed E-state index contributed by atoms with van der Waals surface area (Å²) in [6, 6.07) is 12.0. The van der Waals surface area contributed by atoms with Crippen molar-refractivity contribution in [2.75, 3.05) is 13.7 Å². The molecular formula is C19H22N2O5. The van der Waals surface area contributed by atoms with Crippen LogP contribution in [0.4, 0.5) is 5.69 Å². The Hall–Kier alpha value is -3.09. The molecule has 0 radical (unpaired) electrons. The number of nitrogens with one attached hydrogen (secondary N) is 1. The first-order valence-electron chi connectivity index (χ1n) is 8.28. The molecule has 1 atom stereocenters. The lowest BCUT2D eigenvalue weighted by molar-refractivity contribution is -0.385. The van der Waals surface area contributed by atoms with Crippen molar-refractivity contribution in [3.63, 3.8) is 0 Å². The molecule has 0 saturated carbocycles. The van der Waals surface area contributed by atoms with Gasteiger partial charge in [-0.3, -0.25) is 14.9 Å². The normalized spacial score (nSPS) is 11.5. The average molecular weight is 358 g/mol. The molecule has 7 heteroatoms. The summed E-state index contributed by atoms with van der Waals surface area (Å²) >= 11 is 0. The minimum atomic E-state index is -0.541. The second-order valence-electron chi connectivity index (χ2n) is 5.76. The van der Waals surface area contributed by atoms with Gasteiger partial charge in [0.15, 0.2) is 6.61 Å². The molecule has 0 aliphatic carbocycles. The van der Waals surface area contributed by atoms with Crippen LogP contribution in [-0.2, 0) is 11.2 Å². The maximum atomic E-state index is 12.1. The van der Waals surface area contributed by atoms with E-state index in [0.29, 0.717) is 5.75 Å². The van der Waals surface area contributed by atoms with Crippen molar-refractivity contribution >= 4 is 11.6 Å². The van der Waals surface area contributed by atoms with E-state index in [1.165, 1.54) is 30.9 Å². The van der Waals surface area contributed by atoms with Gasteiger partial charge in [0, 0.05) is 12.1 Å². The third-order valence-electron chi connectivity index (χ3n) is 3.98. The number of carbonyl (C=O) groups excluding carboxylic acids is 1. The molecule has 2 aromatic rings. The highest BCUT2D eigenvalue weighted by Gasteiger charge is 2.16. The molecular weight excluding hydrogens is 336 g/mol. The van der Waals surface area contributed by atoms with Gasteiger partial charge in [0.1, 0.15) is 5.75 Å². The molecule has 0 heterocycles. The van der Waals surface area contributed by atoms with Gasteiger partial charge in [-0.1, -0.05) is 31.2 Å². The summed E-state index contributed by atoms with van der Waals surface area (Å²) in [7, 11) is 1.34. The van der Waals surface area contributed by atoms with Gasteiger partial charge in [-0.15, -0.1) is 0 Å². The van der Waals surface area contributed by atoms with Gasteiger partial charge in [0.05, 0.1) is 18.1 Å². The molecule has 1 amide bonds. The van der Waals surface area contributed by atoms with Crippen molar-refractivity contribution in [2.24, 2.45) is 0 Å². The van der Waals surface area contributed by atoms with Gasteiger partial charge in [0.25, 0.3) is 5.91 Å². The van der Waals surface area contributed by atoms with Crippen LogP contribution in [0, 0.1) is 10.1 Å². The smallest absolute Gasteiger partial charge is 0.311 e. The standard InChI is InChI=1S/C19H22N2O5/c1-4-14-5-7-15(8-6-14)13(2)20-19(22)12-26-16-9-10-17(21(23)24)18(11-16)25-3/h5-11,13H,4,12H2,1-3H3,(H,20,22)/t13-/m1/s1. The van der Waals surface area contributed by atoms with E-state index >= 15 is 0 Å². The van der Waals surface area contributed by atoms with Crippen LogP contribution in [0.2, 0.25) is 0 Å². The monoisotopic (exact) mass is 358 g/mol. The van der Waals surface area contributed by atoms with Gasteiger partial charge >= 0.3 is 5.69 Å². The molecule has 1 N–H and O–H groups in total. The predicted molar refractivity (Wildman–Crippen MR) is 97.5 cm³/mol. The lowest BCUT2D eigenvalue weighted by Crippen LogP contribution is -2.31. The van der Waals surface area contributed by atoms with Crippen LogP contribution in [0.3, 0.4) is 0 Å². The van der Waals surface area contributed by atoms with E-state index in [9.17, 15) is 14.9 Å². The number of rotatable bonds is 8. The number of amides is 1. The number of nitro groups is 1. The Morgan fingerprint density at radius 3 is 2.50 bits per heavy atom. The molecule has 0 aliphatic heterocycles. The van der Waals surface area contributed by atoms with Crippen molar-refractivity contribution in [1.82, 2.24) is 5.32 Å². The zero-order chi connectivity index (χ0) is 19.1.